The number of para-hydroxylation sites is 2. The zero-order valence-corrected chi connectivity index (χ0v) is 15.6. The summed E-state index contributed by atoms with van der Waals surface area (Å²) in [6.45, 7) is 3.54. The highest BCUT2D eigenvalue weighted by Gasteiger charge is 2.14. The van der Waals surface area contributed by atoms with Crippen molar-refractivity contribution in [3.8, 4) is 16.5 Å². The van der Waals surface area contributed by atoms with E-state index in [2.05, 4.69) is 10.3 Å². The van der Waals surface area contributed by atoms with Crippen molar-refractivity contribution >= 4 is 22.9 Å². The maximum absolute atomic E-state index is 12.4. The van der Waals surface area contributed by atoms with Gasteiger partial charge < -0.3 is 14.5 Å². The number of carbonyl (C=O) groups is 1. The molecule has 0 aliphatic heterocycles. The third-order valence-electron chi connectivity index (χ3n) is 3.86. The van der Waals surface area contributed by atoms with Crippen molar-refractivity contribution in [2.45, 2.75) is 13.5 Å². The van der Waals surface area contributed by atoms with E-state index in [1.807, 2.05) is 53.6 Å². The number of hydrogen-bond acceptors (Lipinski definition) is 6. The molecule has 3 aromatic rings. The molecule has 1 aromatic carbocycles. The largest absolute Gasteiger partial charge is 0.495 e. The number of hydrogen-bond donors (Lipinski definition) is 1. The minimum Gasteiger partial charge on any atom is -0.495 e. The van der Waals surface area contributed by atoms with E-state index in [9.17, 15) is 4.79 Å². The van der Waals surface area contributed by atoms with Crippen molar-refractivity contribution < 1.29 is 13.9 Å². The van der Waals surface area contributed by atoms with Gasteiger partial charge in [-0.3, -0.25) is 9.69 Å². The first kappa shape index (κ1) is 18.2. The third-order valence-corrected chi connectivity index (χ3v) is 4.72. The number of nitrogens with zero attached hydrogens (tertiary/aromatic N) is 2. The van der Waals surface area contributed by atoms with Gasteiger partial charge in [0.2, 0.25) is 11.8 Å². The number of ether oxygens (including phenoxy) is 1. The second-order valence-corrected chi connectivity index (χ2v) is 6.62. The average molecular weight is 371 g/mol. The van der Waals surface area contributed by atoms with Crippen LogP contribution in [0.2, 0.25) is 0 Å². The molecule has 26 heavy (non-hydrogen) atoms. The summed E-state index contributed by atoms with van der Waals surface area (Å²) in [5, 5.41) is 4.88. The zero-order chi connectivity index (χ0) is 18.4. The van der Waals surface area contributed by atoms with Crippen molar-refractivity contribution in [3.63, 3.8) is 0 Å². The predicted molar refractivity (Wildman–Crippen MR) is 102 cm³/mol. The lowest BCUT2D eigenvalue weighted by molar-refractivity contribution is -0.117. The molecular formula is C19H21N3O3S. The van der Waals surface area contributed by atoms with Crippen LogP contribution < -0.4 is 10.1 Å². The zero-order valence-electron chi connectivity index (χ0n) is 14.8. The smallest absolute Gasteiger partial charge is 0.238 e. The van der Waals surface area contributed by atoms with Gasteiger partial charge in [0.25, 0.3) is 0 Å². The number of carbonyl (C=O) groups excluding carboxylic acids is 1. The van der Waals surface area contributed by atoms with Crippen molar-refractivity contribution in [3.05, 3.63) is 53.7 Å². The fraction of sp³-hybridized carbons (Fsp3) is 0.263. The van der Waals surface area contributed by atoms with E-state index >= 15 is 0 Å². The Balaban J connectivity index is 1.60. The van der Waals surface area contributed by atoms with E-state index in [1.165, 1.54) is 0 Å². The lowest BCUT2D eigenvalue weighted by Crippen LogP contribution is -2.32. The van der Waals surface area contributed by atoms with Gasteiger partial charge in [-0.25, -0.2) is 4.98 Å². The van der Waals surface area contributed by atoms with Crippen LogP contribution in [-0.4, -0.2) is 36.0 Å². The first-order valence-electron chi connectivity index (χ1n) is 8.33. The van der Waals surface area contributed by atoms with E-state index in [1.54, 1.807) is 24.7 Å². The molecule has 2 aromatic heterocycles. The molecule has 3 rings (SSSR count). The molecule has 0 fully saturated rings. The highest BCUT2D eigenvalue weighted by atomic mass is 32.1. The quantitative estimate of drug-likeness (QED) is 0.651. The Kier molecular flexibility index (Phi) is 6.04. The van der Waals surface area contributed by atoms with E-state index in [4.69, 9.17) is 9.15 Å². The number of thiophene rings is 1. The summed E-state index contributed by atoms with van der Waals surface area (Å²) in [6, 6.07) is 11.3. The molecule has 0 bridgehead atoms. The van der Waals surface area contributed by atoms with Crippen LogP contribution in [0, 0.1) is 0 Å². The van der Waals surface area contributed by atoms with Crippen molar-refractivity contribution in [1.82, 2.24) is 9.88 Å². The minimum absolute atomic E-state index is 0.0988. The molecule has 6 nitrogen and oxygen atoms in total. The topological polar surface area (TPSA) is 67.6 Å². The van der Waals surface area contributed by atoms with Crippen LogP contribution in [0.4, 0.5) is 5.69 Å². The second-order valence-electron chi connectivity index (χ2n) is 5.67. The Morgan fingerprint density at radius 2 is 2.15 bits per heavy atom. The first-order valence-corrected chi connectivity index (χ1v) is 9.21. The molecule has 0 saturated heterocycles. The number of anilines is 1. The number of benzene rings is 1. The van der Waals surface area contributed by atoms with Crippen LogP contribution >= 0.6 is 11.3 Å². The summed E-state index contributed by atoms with van der Waals surface area (Å²) in [6.07, 6.45) is 1.65. The lowest BCUT2D eigenvalue weighted by atomic mass is 10.3. The van der Waals surface area contributed by atoms with Gasteiger partial charge in [0.15, 0.2) is 0 Å². The van der Waals surface area contributed by atoms with E-state index in [0.717, 1.165) is 17.1 Å². The Morgan fingerprint density at radius 3 is 2.88 bits per heavy atom. The Morgan fingerprint density at radius 1 is 1.31 bits per heavy atom. The maximum Gasteiger partial charge on any atom is 0.238 e. The molecule has 0 aliphatic rings. The Labute approximate surface area is 156 Å². The normalized spacial score (nSPS) is 10.9. The lowest BCUT2D eigenvalue weighted by Gasteiger charge is -2.19. The maximum atomic E-state index is 12.4. The SMILES string of the molecule is CCN(CC(=O)Nc1ccccc1OC)Cc1coc(-c2cccs2)n1. The van der Waals surface area contributed by atoms with Gasteiger partial charge in [-0.1, -0.05) is 25.1 Å². The molecule has 7 heteroatoms. The Bertz CT molecular complexity index is 845. The second kappa shape index (κ2) is 8.64. The molecule has 0 spiro atoms. The summed E-state index contributed by atoms with van der Waals surface area (Å²) in [7, 11) is 1.58. The van der Waals surface area contributed by atoms with Gasteiger partial charge in [-0.15, -0.1) is 11.3 Å². The number of amides is 1. The number of aromatic nitrogens is 1. The summed E-state index contributed by atoms with van der Waals surface area (Å²) in [4.78, 5) is 19.9. The highest BCUT2D eigenvalue weighted by Crippen LogP contribution is 2.24. The molecule has 0 saturated carbocycles. The molecule has 2 heterocycles. The molecule has 1 amide bonds. The molecule has 0 radical (unpaired) electrons. The standard InChI is InChI=1S/C19H21N3O3S/c1-3-22(11-14-13-25-19(20-14)17-9-6-10-26-17)12-18(23)21-15-7-4-5-8-16(15)24-2/h4-10,13H,3,11-12H2,1-2H3,(H,21,23). The molecule has 0 aliphatic carbocycles. The predicted octanol–water partition coefficient (Wildman–Crippen LogP) is 3.87. The van der Waals surface area contributed by atoms with Gasteiger partial charge in [0.05, 0.1) is 29.9 Å². The summed E-state index contributed by atoms with van der Waals surface area (Å²) < 4.78 is 10.8. The van der Waals surface area contributed by atoms with Crippen molar-refractivity contribution in [2.24, 2.45) is 0 Å². The van der Waals surface area contributed by atoms with Gasteiger partial charge in [-0.05, 0) is 30.1 Å². The third kappa shape index (κ3) is 4.50. The van der Waals surface area contributed by atoms with Gasteiger partial charge in [-0.2, -0.15) is 0 Å². The van der Waals surface area contributed by atoms with Crippen LogP contribution in [0.5, 0.6) is 5.75 Å². The van der Waals surface area contributed by atoms with Gasteiger partial charge >= 0.3 is 0 Å². The van der Waals surface area contributed by atoms with Crippen LogP contribution in [0.3, 0.4) is 0 Å². The molecular weight excluding hydrogens is 350 g/mol. The molecule has 136 valence electrons. The first-order chi connectivity index (χ1) is 12.7. The van der Waals surface area contributed by atoms with Crippen LogP contribution in [0.25, 0.3) is 10.8 Å². The van der Waals surface area contributed by atoms with Crippen molar-refractivity contribution in [1.29, 1.82) is 0 Å². The number of nitrogens with one attached hydrogen (secondary N) is 1. The van der Waals surface area contributed by atoms with E-state index < -0.39 is 0 Å². The number of rotatable bonds is 8. The van der Waals surface area contributed by atoms with E-state index in [0.29, 0.717) is 23.9 Å². The van der Waals surface area contributed by atoms with Crippen LogP contribution in [-0.2, 0) is 11.3 Å². The number of likely N-dealkylation sites (N-methyl/N-ethyl adjacent to an activating group) is 1. The molecule has 1 N–H and O–H groups in total. The van der Waals surface area contributed by atoms with Crippen LogP contribution in [0.15, 0.2) is 52.5 Å². The summed E-state index contributed by atoms with van der Waals surface area (Å²) in [5.41, 5.74) is 1.47. The highest BCUT2D eigenvalue weighted by molar-refractivity contribution is 7.13. The Hall–Kier alpha value is -2.64. The van der Waals surface area contributed by atoms with Crippen LogP contribution in [0.1, 0.15) is 12.6 Å². The summed E-state index contributed by atoms with van der Waals surface area (Å²) >= 11 is 1.58. The minimum atomic E-state index is -0.0988. The average Bonchev–Trinajstić information content (AvgIpc) is 3.33. The monoisotopic (exact) mass is 371 g/mol. The van der Waals surface area contributed by atoms with E-state index in [-0.39, 0.29) is 12.5 Å². The fourth-order valence-electron chi connectivity index (χ4n) is 2.54. The molecule has 0 unspecified atom stereocenters. The van der Waals surface area contributed by atoms with Gasteiger partial charge in [0.1, 0.15) is 12.0 Å². The number of methoxy groups -OCH3 is 1. The fourth-order valence-corrected chi connectivity index (χ4v) is 3.20. The van der Waals surface area contributed by atoms with Crippen molar-refractivity contribution in [2.75, 3.05) is 25.5 Å². The summed E-state index contributed by atoms with van der Waals surface area (Å²) in [5.74, 6) is 1.16. The number of oxazole rings is 1. The van der Waals surface area contributed by atoms with Gasteiger partial charge in [0, 0.05) is 6.54 Å². The molecule has 0 atom stereocenters.